The Morgan fingerprint density at radius 3 is 2.62 bits per heavy atom. The molecule has 0 aliphatic heterocycles. The van der Waals surface area contributed by atoms with E-state index in [4.69, 9.17) is 10.8 Å². The highest BCUT2D eigenvalue weighted by Gasteiger charge is 2.31. The summed E-state index contributed by atoms with van der Waals surface area (Å²) in [7, 11) is 0. The lowest BCUT2D eigenvalue weighted by Gasteiger charge is -2.12. The van der Waals surface area contributed by atoms with Crippen LogP contribution in [0.4, 0.5) is 13.2 Å². The van der Waals surface area contributed by atoms with Crippen LogP contribution >= 0.6 is 0 Å². The molecule has 9 heteroatoms. The molecule has 0 radical (unpaired) electrons. The van der Waals surface area contributed by atoms with Gasteiger partial charge in [0.2, 0.25) is 0 Å². The van der Waals surface area contributed by atoms with Gasteiger partial charge in [-0.1, -0.05) is 12.1 Å². The van der Waals surface area contributed by atoms with E-state index in [0.29, 0.717) is 0 Å². The number of ether oxygens (including phenoxy) is 1. The zero-order valence-electron chi connectivity index (χ0n) is 10.3. The standard InChI is InChI=1S/C12H9F3N4O2/c13-12(14,15)21-8-3-1-2-7(6-8)10(17)19-9(16)4-5-18-11(19)20/h1-6,16-17H,(H,18,20). The fourth-order valence-electron chi connectivity index (χ4n) is 1.60. The van der Waals surface area contributed by atoms with Crippen LogP contribution in [0.5, 0.6) is 11.8 Å². The van der Waals surface area contributed by atoms with Crippen LogP contribution in [-0.2, 0) is 0 Å². The van der Waals surface area contributed by atoms with Crippen LogP contribution < -0.4 is 10.2 Å². The Hall–Kier alpha value is -2.84. The Labute approximate surface area is 116 Å². The minimum atomic E-state index is -4.84. The molecule has 0 bridgehead atoms. The number of hydrogen-bond acceptors (Lipinski definition) is 5. The summed E-state index contributed by atoms with van der Waals surface area (Å²) in [4.78, 5) is 3.51. The zero-order valence-corrected chi connectivity index (χ0v) is 10.3. The van der Waals surface area contributed by atoms with Crippen molar-refractivity contribution in [3.05, 3.63) is 47.6 Å². The van der Waals surface area contributed by atoms with Gasteiger partial charge in [0.25, 0.3) is 0 Å². The topological polar surface area (TPSA) is 95.0 Å². The van der Waals surface area contributed by atoms with E-state index in [1.165, 1.54) is 24.4 Å². The maximum Gasteiger partial charge on any atom is 0.573 e. The van der Waals surface area contributed by atoms with Crippen molar-refractivity contribution in [2.75, 3.05) is 0 Å². The first-order valence-electron chi connectivity index (χ1n) is 5.54. The second-order valence-electron chi connectivity index (χ2n) is 3.89. The quantitative estimate of drug-likeness (QED) is 0.583. The highest BCUT2D eigenvalue weighted by molar-refractivity contribution is 5.98. The Morgan fingerprint density at radius 2 is 2.00 bits per heavy atom. The molecule has 110 valence electrons. The highest BCUT2D eigenvalue weighted by atomic mass is 19.4. The van der Waals surface area contributed by atoms with Crippen LogP contribution in [0.25, 0.3) is 0 Å². The monoisotopic (exact) mass is 298 g/mol. The lowest BCUT2D eigenvalue weighted by molar-refractivity contribution is -0.274. The zero-order chi connectivity index (χ0) is 15.6. The molecule has 0 fully saturated rings. The molecule has 0 spiro atoms. The van der Waals surface area contributed by atoms with E-state index in [2.05, 4.69) is 9.72 Å². The second kappa shape index (κ2) is 5.27. The molecule has 0 saturated heterocycles. The van der Waals surface area contributed by atoms with Crippen LogP contribution in [0, 0.1) is 10.8 Å². The fraction of sp³-hybridized carbons (Fsp3) is 0.0833. The molecule has 0 atom stereocenters. The predicted octanol–water partition coefficient (Wildman–Crippen LogP) is 1.84. The molecule has 0 aliphatic carbocycles. The van der Waals surface area contributed by atoms with Crippen molar-refractivity contribution in [1.29, 1.82) is 10.8 Å². The van der Waals surface area contributed by atoms with Crippen molar-refractivity contribution >= 4 is 5.84 Å². The molecule has 0 amide bonds. The number of aromatic hydroxyl groups is 1. The van der Waals surface area contributed by atoms with E-state index in [9.17, 15) is 18.3 Å². The van der Waals surface area contributed by atoms with Crippen LogP contribution in [0.15, 0.2) is 36.5 Å². The Balaban J connectivity index is 2.41. The average Bonchev–Trinajstić information content (AvgIpc) is 2.36. The third-order valence-corrected chi connectivity index (χ3v) is 2.43. The Morgan fingerprint density at radius 1 is 1.29 bits per heavy atom. The van der Waals surface area contributed by atoms with Crippen LogP contribution in [-0.4, -0.2) is 26.9 Å². The van der Waals surface area contributed by atoms with Gasteiger partial charge >= 0.3 is 12.4 Å². The summed E-state index contributed by atoms with van der Waals surface area (Å²) < 4.78 is 41.0. The van der Waals surface area contributed by atoms with Gasteiger partial charge in [0.1, 0.15) is 17.1 Å². The number of rotatable bonds is 2. The Bertz CT molecular complexity index is 740. The predicted molar refractivity (Wildman–Crippen MR) is 65.1 cm³/mol. The number of nitrogens with zero attached hydrogens (tertiary/aromatic N) is 2. The summed E-state index contributed by atoms with van der Waals surface area (Å²) in [6.45, 7) is 0. The summed E-state index contributed by atoms with van der Waals surface area (Å²) in [5, 5.41) is 25.0. The van der Waals surface area contributed by atoms with E-state index in [1.54, 1.807) is 0 Å². The molecule has 21 heavy (non-hydrogen) atoms. The number of benzene rings is 1. The lowest BCUT2D eigenvalue weighted by Crippen LogP contribution is -2.27. The number of hydrogen-bond donors (Lipinski definition) is 3. The Kier molecular flexibility index (Phi) is 3.66. The van der Waals surface area contributed by atoms with E-state index in [-0.39, 0.29) is 11.1 Å². The van der Waals surface area contributed by atoms with E-state index in [0.717, 1.165) is 16.7 Å². The van der Waals surface area contributed by atoms with Gasteiger partial charge in [-0.3, -0.25) is 10.8 Å². The molecular weight excluding hydrogens is 289 g/mol. The summed E-state index contributed by atoms with van der Waals surface area (Å²) in [5.74, 6) is -0.904. The lowest BCUT2D eigenvalue weighted by atomic mass is 10.2. The molecular formula is C12H9F3N4O2. The molecule has 0 unspecified atom stereocenters. The van der Waals surface area contributed by atoms with Gasteiger partial charge in [-0.25, -0.2) is 9.55 Å². The first kappa shape index (κ1) is 14.6. The maximum absolute atomic E-state index is 12.2. The summed E-state index contributed by atoms with van der Waals surface area (Å²) in [6, 6.07) is 5.29. The number of aromatic nitrogens is 2. The minimum absolute atomic E-state index is 0.0264. The first-order valence-corrected chi connectivity index (χ1v) is 5.54. The van der Waals surface area contributed by atoms with Crippen molar-refractivity contribution in [3.63, 3.8) is 0 Å². The maximum atomic E-state index is 12.2. The van der Waals surface area contributed by atoms with Crippen LogP contribution in [0.2, 0.25) is 0 Å². The van der Waals surface area contributed by atoms with E-state index >= 15 is 0 Å². The number of alkyl halides is 3. The van der Waals surface area contributed by atoms with Crippen molar-refractivity contribution < 1.29 is 23.0 Å². The van der Waals surface area contributed by atoms with Crippen molar-refractivity contribution in [1.82, 2.24) is 9.55 Å². The molecule has 2 rings (SSSR count). The molecule has 0 saturated carbocycles. The van der Waals surface area contributed by atoms with Gasteiger partial charge in [0, 0.05) is 11.8 Å². The second-order valence-corrected chi connectivity index (χ2v) is 3.89. The normalized spacial score (nSPS) is 11.2. The van der Waals surface area contributed by atoms with Gasteiger partial charge in [0.15, 0.2) is 0 Å². The SMILES string of the molecule is N=C(c1cccc(OC(F)(F)F)c1)n1c(O)nccc1=N. The summed E-state index contributed by atoms with van der Waals surface area (Å²) >= 11 is 0. The van der Waals surface area contributed by atoms with Gasteiger partial charge in [0.05, 0.1) is 0 Å². The van der Waals surface area contributed by atoms with Crippen LogP contribution in [0.1, 0.15) is 5.56 Å². The minimum Gasteiger partial charge on any atom is -0.480 e. The van der Waals surface area contributed by atoms with E-state index < -0.39 is 24.0 Å². The molecule has 6 nitrogen and oxygen atoms in total. The average molecular weight is 298 g/mol. The van der Waals surface area contributed by atoms with Gasteiger partial charge < -0.3 is 9.84 Å². The smallest absolute Gasteiger partial charge is 0.480 e. The summed E-state index contributed by atoms with van der Waals surface area (Å²) in [6.07, 6.45) is -3.67. The van der Waals surface area contributed by atoms with Gasteiger partial charge in [-0.05, 0) is 18.2 Å². The third-order valence-electron chi connectivity index (χ3n) is 2.43. The highest BCUT2D eigenvalue weighted by Crippen LogP contribution is 2.23. The largest absolute Gasteiger partial charge is 0.573 e. The first-order chi connectivity index (χ1) is 9.78. The number of halogens is 3. The molecule has 2 aromatic rings. The molecule has 3 N–H and O–H groups in total. The fourth-order valence-corrected chi connectivity index (χ4v) is 1.60. The van der Waals surface area contributed by atoms with Gasteiger partial charge in [-0.15, -0.1) is 13.2 Å². The molecule has 1 heterocycles. The van der Waals surface area contributed by atoms with Gasteiger partial charge in [-0.2, -0.15) is 0 Å². The van der Waals surface area contributed by atoms with Crippen LogP contribution in [0.3, 0.4) is 0 Å². The van der Waals surface area contributed by atoms with E-state index in [1.807, 2.05) is 0 Å². The third kappa shape index (κ3) is 3.38. The van der Waals surface area contributed by atoms with Crippen molar-refractivity contribution in [2.45, 2.75) is 6.36 Å². The molecule has 1 aromatic heterocycles. The summed E-state index contributed by atoms with van der Waals surface area (Å²) in [5.41, 5.74) is -0.215. The molecule has 1 aromatic carbocycles. The van der Waals surface area contributed by atoms with Crippen molar-refractivity contribution in [3.8, 4) is 11.8 Å². The molecule has 0 aliphatic rings. The van der Waals surface area contributed by atoms with Crippen molar-refractivity contribution in [2.24, 2.45) is 0 Å². The number of nitrogens with one attached hydrogen (secondary N) is 2.